The number of primary amides is 1. The van der Waals surface area contributed by atoms with Crippen LogP contribution in [0.3, 0.4) is 0 Å². The van der Waals surface area contributed by atoms with Gasteiger partial charge in [-0.2, -0.15) is 4.57 Å². The molecule has 104 valence electrons. The zero-order valence-corrected chi connectivity index (χ0v) is 11.9. The van der Waals surface area contributed by atoms with E-state index in [4.69, 9.17) is 5.73 Å². The predicted octanol–water partition coefficient (Wildman–Crippen LogP) is 2.58. The summed E-state index contributed by atoms with van der Waals surface area (Å²) in [5, 5.41) is 0.934. The number of hydrogen-bond donors (Lipinski definition) is 1. The van der Waals surface area contributed by atoms with Crippen molar-refractivity contribution in [1.29, 1.82) is 0 Å². The molecule has 0 atom stereocenters. The molecular formula is C18H17N2O+. The Kier molecular flexibility index (Phi) is 3.40. The SMILES string of the molecule is Cc1cc[n+](Cc2ccccc2)c2cccc(C(N)=O)c12. The largest absolute Gasteiger partial charge is 0.366 e. The van der Waals surface area contributed by atoms with Gasteiger partial charge in [0, 0.05) is 17.7 Å². The van der Waals surface area contributed by atoms with Gasteiger partial charge in [0.05, 0.1) is 10.9 Å². The van der Waals surface area contributed by atoms with E-state index in [1.54, 1.807) is 6.07 Å². The van der Waals surface area contributed by atoms with Crippen molar-refractivity contribution in [3.8, 4) is 0 Å². The maximum Gasteiger partial charge on any atom is 0.249 e. The minimum Gasteiger partial charge on any atom is -0.366 e. The van der Waals surface area contributed by atoms with Gasteiger partial charge in [-0.25, -0.2) is 0 Å². The summed E-state index contributed by atoms with van der Waals surface area (Å²) in [6.07, 6.45) is 2.05. The molecule has 21 heavy (non-hydrogen) atoms. The van der Waals surface area contributed by atoms with Crippen molar-refractivity contribution in [3.05, 3.63) is 77.5 Å². The molecule has 0 saturated carbocycles. The number of aryl methyl sites for hydroxylation is 1. The smallest absolute Gasteiger partial charge is 0.249 e. The first-order valence-corrected chi connectivity index (χ1v) is 6.92. The number of aromatic nitrogens is 1. The van der Waals surface area contributed by atoms with Crippen LogP contribution in [0.15, 0.2) is 60.8 Å². The average Bonchev–Trinajstić information content (AvgIpc) is 2.50. The Labute approximate surface area is 123 Å². The molecule has 1 amide bonds. The van der Waals surface area contributed by atoms with Gasteiger partial charge in [-0.05, 0) is 18.6 Å². The number of nitrogens with zero attached hydrogens (tertiary/aromatic N) is 1. The highest BCUT2D eigenvalue weighted by atomic mass is 16.1. The van der Waals surface area contributed by atoms with Crippen molar-refractivity contribution >= 4 is 16.8 Å². The normalized spacial score (nSPS) is 10.7. The fourth-order valence-electron chi connectivity index (χ4n) is 2.68. The molecule has 0 saturated heterocycles. The number of rotatable bonds is 3. The van der Waals surface area contributed by atoms with Crippen molar-refractivity contribution in [2.45, 2.75) is 13.5 Å². The van der Waals surface area contributed by atoms with Gasteiger partial charge in [-0.1, -0.05) is 36.4 Å². The van der Waals surface area contributed by atoms with E-state index in [1.807, 2.05) is 43.3 Å². The third kappa shape index (κ3) is 2.50. The number of pyridine rings is 1. The molecular weight excluding hydrogens is 260 g/mol. The second-order valence-electron chi connectivity index (χ2n) is 5.18. The first-order chi connectivity index (χ1) is 10.2. The van der Waals surface area contributed by atoms with Crippen LogP contribution in [-0.4, -0.2) is 5.91 Å². The average molecular weight is 277 g/mol. The van der Waals surface area contributed by atoms with Crippen LogP contribution < -0.4 is 10.3 Å². The molecule has 0 aliphatic heterocycles. The van der Waals surface area contributed by atoms with Crippen LogP contribution in [0.5, 0.6) is 0 Å². The molecule has 2 N–H and O–H groups in total. The molecule has 2 aromatic carbocycles. The minimum atomic E-state index is -0.388. The van der Waals surface area contributed by atoms with Crippen LogP contribution in [0, 0.1) is 6.92 Å². The summed E-state index contributed by atoms with van der Waals surface area (Å²) in [4.78, 5) is 11.6. The molecule has 1 heterocycles. The van der Waals surface area contributed by atoms with Gasteiger partial charge in [-0.15, -0.1) is 0 Å². The second kappa shape index (κ2) is 5.37. The van der Waals surface area contributed by atoms with E-state index < -0.39 is 0 Å². The molecule has 3 aromatic rings. The van der Waals surface area contributed by atoms with E-state index in [-0.39, 0.29) is 5.91 Å². The van der Waals surface area contributed by atoms with Crippen LogP contribution >= 0.6 is 0 Å². The summed E-state index contributed by atoms with van der Waals surface area (Å²) in [7, 11) is 0. The topological polar surface area (TPSA) is 47.0 Å². The molecule has 0 aliphatic rings. The molecule has 3 nitrogen and oxygen atoms in total. The van der Waals surface area contributed by atoms with Gasteiger partial charge in [0.1, 0.15) is 0 Å². The second-order valence-corrected chi connectivity index (χ2v) is 5.18. The number of hydrogen-bond acceptors (Lipinski definition) is 1. The molecule has 0 aliphatic carbocycles. The number of carbonyl (C=O) groups is 1. The lowest BCUT2D eigenvalue weighted by Gasteiger charge is -2.07. The Hall–Kier alpha value is -2.68. The van der Waals surface area contributed by atoms with E-state index in [2.05, 4.69) is 22.9 Å². The summed E-state index contributed by atoms with van der Waals surface area (Å²) in [5.41, 5.74) is 9.38. The molecule has 0 unspecified atom stereocenters. The molecule has 0 spiro atoms. The lowest BCUT2D eigenvalue weighted by molar-refractivity contribution is -0.662. The standard InChI is InChI=1S/C18H16N2O/c1-13-10-11-20(12-14-6-3-2-4-7-14)16-9-5-8-15(17(13)16)18(19)21/h2-11H,12H2,1H3,(H-,19,21)/p+1. The highest BCUT2D eigenvalue weighted by molar-refractivity contribution is 6.05. The van der Waals surface area contributed by atoms with Crippen molar-refractivity contribution < 1.29 is 9.36 Å². The number of amides is 1. The Morgan fingerprint density at radius 1 is 1.05 bits per heavy atom. The third-order valence-electron chi connectivity index (χ3n) is 3.71. The number of nitrogens with two attached hydrogens (primary N) is 1. The van der Waals surface area contributed by atoms with Gasteiger partial charge in [-0.3, -0.25) is 4.79 Å². The fourth-order valence-corrected chi connectivity index (χ4v) is 2.68. The van der Waals surface area contributed by atoms with Crippen molar-refractivity contribution in [1.82, 2.24) is 0 Å². The lowest BCUT2D eigenvalue weighted by Crippen LogP contribution is -2.35. The molecule has 3 rings (SSSR count). The molecule has 0 radical (unpaired) electrons. The molecule has 3 heteroatoms. The van der Waals surface area contributed by atoms with E-state index in [1.165, 1.54) is 5.56 Å². The Bertz CT molecular complexity index is 810. The van der Waals surface area contributed by atoms with Gasteiger partial charge >= 0.3 is 0 Å². The summed E-state index contributed by atoms with van der Waals surface area (Å²) >= 11 is 0. The highest BCUT2D eigenvalue weighted by Gasteiger charge is 2.16. The highest BCUT2D eigenvalue weighted by Crippen LogP contribution is 2.19. The molecule has 0 bridgehead atoms. The Balaban J connectivity index is 2.19. The third-order valence-corrected chi connectivity index (χ3v) is 3.71. The van der Waals surface area contributed by atoms with E-state index in [9.17, 15) is 4.79 Å². The lowest BCUT2D eigenvalue weighted by atomic mass is 10.0. The fraction of sp³-hybridized carbons (Fsp3) is 0.111. The van der Waals surface area contributed by atoms with Crippen molar-refractivity contribution in [2.24, 2.45) is 5.73 Å². The quantitative estimate of drug-likeness (QED) is 0.735. The maximum absolute atomic E-state index is 11.6. The Morgan fingerprint density at radius 2 is 1.81 bits per heavy atom. The van der Waals surface area contributed by atoms with Gasteiger partial charge < -0.3 is 5.73 Å². The summed E-state index contributed by atoms with van der Waals surface area (Å²) in [5.74, 6) is -0.388. The van der Waals surface area contributed by atoms with E-state index >= 15 is 0 Å². The zero-order chi connectivity index (χ0) is 14.8. The maximum atomic E-state index is 11.6. The minimum absolute atomic E-state index is 0.388. The van der Waals surface area contributed by atoms with Crippen LogP contribution in [0.4, 0.5) is 0 Å². The van der Waals surface area contributed by atoms with Crippen LogP contribution in [0.1, 0.15) is 21.5 Å². The van der Waals surface area contributed by atoms with E-state index in [0.29, 0.717) is 5.56 Å². The predicted molar refractivity (Wildman–Crippen MR) is 82.9 cm³/mol. The van der Waals surface area contributed by atoms with Crippen molar-refractivity contribution in [3.63, 3.8) is 0 Å². The summed E-state index contributed by atoms with van der Waals surface area (Å²) in [6.45, 7) is 2.77. The Morgan fingerprint density at radius 3 is 2.52 bits per heavy atom. The summed E-state index contributed by atoms with van der Waals surface area (Å²) < 4.78 is 2.14. The first-order valence-electron chi connectivity index (χ1n) is 6.92. The van der Waals surface area contributed by atoms with E-state index in [0.717, 1.165) is 23.0 Å². The number of fused-ring (bicyclic) bond motifs is 1. The molecule has 0 fully saturated rings. The van der Waals surface area contributed by atoms with Crippen LogP contribution in [0.2, 0.25) is 0 Å². The van der Waals surface area contributed by atoms with Crippen LogP contribution in [0.25, 0.3) is 10.9 Å². The molecule has 1 aromatic heterocycles. The van der Waals surface area contributed by atoms with Gasteiger partial charge in [0.2, 0.25) is 11.4 Å². The van der Waals surface area contributed by atoms with Crippen molar-refractivity contribution in [2.75, 3.05) is 0 Å². The zero-order valence-electron chi connectivity index (χ0n) is 11.9. The van der Waals surface area contributed by atoms with Crippen LogP contribution in [-0.2, 0) is 6.54 Å². The first kappa shape index (κ1) is 13.3. The summed E-state index contributed by atoms with van der Waals surface area (Å²) in [6, 6.07) is 18.0. The number of benzene rings is 2. The van der Waals surface area contributed by atoms with Gasteiger partial charge in [0.25, 0.3) is 0 Å². The number of carbonyl (C=O) groups excluding carboxylic acids is 1. The van der Waals surface area contributed by atoms with Gasteiger partial charge in [0.15, 0.2) is 12.7 Å². The monoisotopic (exact) mass is 277 g/mol.